The molecule has 1 saturated heterocycles. The monoisotopic (exact) mass is 516 g/mol. The molecule has 7 nitrogen and oxygen atoms in total. The number of aromatic nitrogens is 3. The number of thioether (sulfide) groups is 1. The number of rotatable bonds is 8. The van der Waals surface area contributed by atoms with Gasteiger partial charge in [-0.05, 0) is 39.9 Å². The number of hydrogen-bond acceptors (Lipinski definition) is 7. The van der Waals surface area contributed by atoms with Crippen molar-refractivity contribution in [2.24, 2.45) is 18.7 Å². The molecule has 1 fully saturated rings. The van der Waals surface area contributed by atoms with Crippen molar-refractivity contribution < 1.29 is 14.6 Å². The molecule has 0 amide bonds. The van der Waals surface area contributed by atoms with Crippen LogP contribution in [0.25, 0.3) is 11.1 Å². The lowest BCUT2D eigenvalue weighted by Crippen LogP contribution is -2.38. The first-order chi connectivity index (χ1) is 18.1. The molecule has 0 unspecified atom stereocenters. The van der Waals surface area contributed by atoms with Gasteiger partial charge in [0, 0.05) is 30.8 Å². The second-order valence-electron chi connectivity index (χ2n) is 9.39. The van der Waals surface area contributed by atoms with Crippen LogP contribution in [0.3, 0.4) is 0 Å². The predicted molar refractivity (Wildman–Crippen MR) is 144 cm³/mol. The summed E-state index contributed by atoms with van der Waals surface area (Å²) in [5, 5.41) is 18.5. The number of nitrogens with zero attached hydrogens (tertiary/aromatic N) is 3. The van der Waals surface area contributed by atoms with Gasteiger partial charge in [-0.15, -0.1) is 10.2 Å². The summed E-state index contributed by atoms with van der Waals surface area (Å²) in [6.07, 6.45) is 0.935. The Morgan fingerprint density at radius 2 is 1.70 bits per heavy atom. The summed E-state index contributed by atoms with van der Waals surface area (Å²) in [5.41, 5.74) is 12.1. The summed E-state index contributed by atoms with van der Waals surface area (Å²) in [7, 11) is 1.94. The molecule has 0 aliphatic carbocycles. The van der Waals surface area contributed by atoms with Crippen molar-refractivity contribution in [3.8, 4) is 11.1 Å². The minimum absolute atomic E-state index is 0.0161. The summed E-state index contributed by atoms with van der Waals surface area (Å²) in [4.78, 5) is 0. The van der Waals surface area contributed by atoms with Crippen LogP contribution in [0.15, 0.2) is 84.3 Å². The van der Waals surface area contributed by atoms with Crippen LogP contribution in [0.1, 0.15) is 41.6 Å². The van der Waals surface area contributed by atoms with Crippen molar-refractivity contribution in [3.63, 3.8) is 0 Å². The molecule has 0 radical (unpaired) electrons. The smallest absolute Gasteiger partial charge is 0.190 e. The van der Waals surface area contributed by atoms with Gasteiger partial charge in [0.2, 0.25) is 0 Å². The Bertz CT molecular complexity index is 1330. The number of aliphatic hydroxyl groups excluding tert-OH is 1. The zero-order chi connectivity index (χ0) is 25.8. The van der Waals surface area contributed by atoms with Crippen molar-refractivity contribution >= 4 is 11.8 Å². The quantitative estimate of drug-likeness (QED) is 0.318. The van der Waals surface area contributed by atoms with Gasteiger partial charge in [-0.2, -0.15) is 0 Å². The molecule has 3 aromatic carbocycles. The molecule has 8 heteroatoms. The Hall–Kier alpha value is -3.01. The minimum atomic E-state index is -0.526. The van der Waals surface area contributed by atoms with Crippen molar-refractivity contribution in [1.82, 2.24) is 14.8 Å². The molecule has 192 valence electrons. The summed E-state index contributed by atoms with van der Waals surface area (Å²) in [6, 6.07) is 24.6. The molecule has 1 aromatic heterocycles. The van der Waals surface area contributed by atoms with Crippen LogP contribution in [0, 0.1) is 5.92 Å². The molecule has 3 N–H and O–H groups in total. The number of benzene rings is 3. The molecule has 4 aromatic rings. The molecular weight excluding hydrogens is 484 g/mol. The highest BCUT2D eigenvalue weighted by atomic mass is 32.2. The van der Waals surface area contributed by atoms with Gasteiger partial charge in [0.25, 0.3) is 0 Å². The van der Waals surface area contributed by atoms with E-state index in [1.165, 1.54) is 0 Å². The van der Waals surface area contributed by atoms with E-state index in [4.69, 9.17) is 15.2 Å². The van der Waals surface area contributed by atoms with E-state index in [0.717, 1.165) is 44.3 Å². The minimum Gasteiger partial charge on any atom is -0.392 e. The molecule has 5 rings (SSSR count). The third-order valence-corrected chi connectivity index (χ3v) is 7.95. The molecule has 37 heavy (non-hydrogen) atoms. The van der Waals surface area contributed by atoms with Crippen LogP contribution in [-0.4, -0.2) is 31.7 Å². The van der Waals surface area contributed by atoms with E-state index in [1.807, 2.05) is 54.1 Å². The highest BCUT2D eigenvalue weighted by Gasteiger charge is 2.38. The molecule has 0 spiro atoms. The largest absolute Gasteiger partial charge is 0.392 e. The lowest BCUT2D eigenvalue weighted by Gasteiger charge is -2.41. The van der Waals surface area contributed by atoms with Gasteiger partial charge in [-0.25, -0.2) is 0 Å². The number of nitrogens with two attached hydrogens (primary N) is 1. The number of ether oxygens (including phenoxy) is 2. The lowest BCUT2D eigenvalue weighted by molar-refractivity contribution is -0.268. The summed E-state index contributed by atoms with van der Waals surface area (Å²) >= 11 is 1.63. The summed E-state index contributed by atoms with van der Waals surface area (Å²) in [6.45, 7) is 2.68. The van der Waals surface area contributed by atoms with E-state index in [2.05, 4.69) is 47.5 Å². The molecule has 0 saturated carbocycles. The average Bonchev–Trinajstić information content (AvgIpc) is 3.37. The average molecular weight is 517 g/mol. The fourth-order valence-electron chi connectivity index (χ4n) is 4.61. The lowest BCUT2D eigenvalue weighted by atomic mass is 9.91. The molecule has 1 aliphatic heterocycles. The van der Waals surface area contributed by atoms with Gasteiger partial charge in [0.1, 0.15) is 6.33 Å². The maximum atomic E-state index is 9.49. The first-order valence-corrected chi connectivity index (χ1v) is 13.4. The Kier molecular flexibility index (Phi) is 8.02. The van der Waals surface area contributed by atoms with E-state index in [9.17, 15) is 5.11 Å². The second kappa shape index (κ2) is 11.6. The first kappa shape index (κ1) is 25.6. The van der Waals surface area contributed by atoms with Crippen LogP contribution in [0.2, 0.25) is 0 Å². The maximum absolute atomic E-state index is 9.49. The Balaban J connectivity index is 1.44. The first-order valence-electron chi connectivity index (χ1n) is 12.4. The van der Waals surface area contributed by atoms with Gasteiger partial charge in [0.05, 0.1) is 18.8 Å². The third-order valence-electron chi connectivity index (χ3n) is 6.82. The van der Waals surface area contributed by atoms with Crippen LogP contribution < -0.4 is 5.73 Å². The summed E-state index contributed by atoms with van der Waals surface area (Å²) in [5.74, 6) is 0.818. The number of aryl methyl sites for hydroxylation is 1. The van der Waals surface area contributed by atoms with Crippen LogP contribution in [0.4, 0.5) is 0 Å². The van der Waals surface area contributed by atoms with Crippen LogP contribution in [-0.2, 0) is 29.7 Å². The molecule has 2 heterocycles. The molecule has 0 bridgehead atoms. The SMILES string of the molecule is C[C@@H]1[C@H](CSc2nncn2C)O[C@H](c2cccc(-c3cccc(CN)c3)c2)O[C@@H]1c1ccc(CO)cc1. The highest BCUT2D eigenvalue weighted by Crippen LogP contribution is 2.43. The fraction of sp³-hybridized carbons (Fsp3) is 0.310. The van der Waals surface area contributed by atoms with Crippen molar-refractivity contribution in [1.29, 1.82) is 0 Å². The van der Waals surface area contributed by atoms with Gasteiger partial charge >= 0.3 is 0 Å². The standard InChI is InChI=1S/C29H32N4O3S/c1-19-26(17-37-29-32-31-18-33(29)2)35-28(36-27(19)22-11-9-20(16-34)10-12-22)25-8-4-7-24(14-25)23-6-3-5-21(13-23)15-30/h3-14,18-19,26-28,34H,15-17,30H2,1-2H3/t19-,26+,27+,28+/m1/s1. The summed E-state index contributed by atoms with van der Waals surface area (Å²) < 4.78 is 15.1. The normalized spacial score (nSPS) is 21.7. The van der Waals surface area contributed by atoms with Crippen LogP contribution >= 0.6 is 11.8 Å². The maximum Gasteiger partial charge on any atom is 0.190 e. The van der Waals surface area contributed by atoms with E-state index in [1.54, 1.807) is 18.1 Å². The van der Waals surface area contributed by atoms with E-state index in [0.29, 0.717) is 6.54 Å². The fourth-order valence-corrected chi connectivity index (χ4v) is 5.66. The van der Waals surface area contributed by atoms with Crippen LogP contribution in [0.5, 0.6) is 0 Å². The van der Waals surface area contributed by atoms with Gasteiger partial charge < -0.3 is 24.9 Å². The van der Waals surface area contributed by atoms with E-state index in [-0.39, 0.29) is 24.7 Å². The predicted octanol–water partition coefficient (Wildman–Crippen LogP) is 5.02. The number of hydrogen-bond donors (Lipinski definition) is 2. The topological polar surface area (TPSA) is 95.4 Å². The zero-order valence-corrected chi connectivity index (χ0v) is 21.8. The Morgan fingerprint density at radius 3 is 2.41 bits per heavy atom. The molecular formula is C29H32N4O3S. The van der Waals surface area contributed by atoms with Gasteiger partial charge in [-0.1, -0.05) is 79.3 Å². The Morgan fingerprint density at radius 1 is 0.946 bits per heavy atom. The zero-order valence-electron chi connectivity index (χ0n) is 21.0. The second-order valence-corrected chi connectivity index (χ2v) is 10.4. The van der Waals surface area contributed by atoms with Crippen molar-refractivity contribution in [2.45, 2.75) is 43.7 Å². The van der Waals surface area contributed by atoms with Gasteiger partial charge in [-0.3, -0.25) is 0 Å². The van der Waals surface area contributed by atoms with Gasteiger partial charge in [0.15, 0.2) is 11.4 Å². The van der Waals surface area contributed by atoms with Crippen molar-refractivity contribution in [2.75, 3.05) is 5.75 Å². The number of aliphatic hydroxyl groups is 1. The highest BCUT2D eigenvalue weighted by molar-refractivity contribution is 7.99. The molecule has 1 aliphatic rings. The van der Waals surface area contributed by atoms with Crippen molar-refractivity contribution in [3.05, 3.63) is 101 Å². The Labute approximate surface area is 221 Å². The molecule has 4 atom stereocenters. The van der Waals surface area contributed by atoms with E-state index < -0.39 is 6.29 Å². The van der Waals surface area contributed by atoms with E-state index >= 15 is 0 Å². The third kappa shape index (κ3) is 5.79.